The van der Waals surface area contributed by atoms with Gasteiger partial charge in [-0.25, -0.2) is 13.6 Å². The molecule has 3 aromatic carbocycles. The molecular formula is C62H72F2N10O8. The SMILES string of the molecule is C#Cc1c(F)ccc2cc(OCOC)cc(-c3ncc4c(N5CC6CCC(C5)N6C(=O)OC(C)(C)C)nc(OCCN5CCC(CC6CCN(CC7CN(c8ccc9c(c8)CN(C8CCC(=O)NC8=O)C9=O)C7)CC6)CC5)nc4c3F)c12. The fourth-order valence-electron chi connectivity index (χ4n) is 13.8. The molecule has 2 aromatic heterocycles. The number of carbonyl (C=O) groups is 4. The lowest BCUT2D eigenvalue weighted by Crippen LogP contribution is -2.57. The van der Waals surface area contributed by atoms with Crippen molar-refractivity contribution in [2.75, 3.05) is 95.8 Å². The van der Waals surface area contributed by atoms with Crippen LogP contribution >= 0.6 is 0 Å². The van der Waals surface area contributed by atoms with E-state index in [1.807, 2.05) is 37.8 Å². The first-order chi connectivity index (χ1) is 39.6. The predicted octanol–water partition coefficient (Wildman–Crippen LogP) is 7.77. The van der Waals surface area contributed by atoms with Crippen LogP contribution in [0.15, 0.2) is 48.7 Å². The number of rotatable bonds is 15. The summed E-state index contributed by atoms with van der Waals surface area (Å²) in [5.41, 5.74) is 2.13. The molecule has 6 saturated heterocycles. The minimum atomic E-state index is -0.756. The first-order valence-corrected chi connectivity index (χ1v) is 29.2. The van der Waals surface area contributed by atoms with Gasteiger partial charge >= 0.3 is 12.1 Å². The number of imide groups is 1. The van der Waals surface area contributed by atoms with Crippen molar-refractivity contribution in [2.24, 2.45) is 17.8 Å². The van der Waals surface area contributed by atoms with Crippen molar-refractivity contribution in [3.63, 3.8) is 0 Å². The molecule has 3 atom stereocenters. The lowest BCUT2D eigenvalue weighted by molar-refractivity contribution is -0.136. The van der Waals surface area contributed by atoms with Crippen molar-refractivity contribution in [2.45, 2.75) is 109 Å². The molecule has 0 radical (unpaired) electrons. The Kier molecular flexibility index (Phi) is 15.4. The summed E-state index contributed by atoms with van der Waals surface area (Å²) in [5.74, 6) is 3.06. The molecule has 2 bridgehead atoms. The van der Waals surface area contributed by atoms with Crippen LogP contribution in [0.4, 0.5) is 25.1 Å². The summed E-state index contributed by atoms with van der Waals surface area (Å²) in [6, 6.07) is 11.2. The number of fused-ring (bicyclic) bond motifs is 5. The number of hydrogen-bond donors (Lipinski definition) is 1. The maximum absolute atomic E-state index is 17.6. The third kappa shape index (κ3) is 11.2. The fraction of sp³-hybridized carbons (Fsp3) is 0.532. The number of ether oxygens (including phenoxy) is 4. The number of pyridine rings is 1. The van der Waals surface area contributed by atoms with Gasteiger partial charge in [0.15, 0.2) is 12.6 Å². The highest BCUT2D eigenvalue weighted by molar-refractivity contribution is 6.06. The smallest absolute Gasteiger partial charge is 0.410 e. The van der Waals surface area contributed by atoms with Crippen molar-refractivity contribution < 1.29 is 46.9 Å². The molecule has 9 heterocycles. The van der Waals surface area contributed by atoms with Crippen LogP contribution in [0.1, 0.15) is 100 Å². The first kappa shape index (κ1) is 55.3. The molecule has 0 aliphatic carbocycles. The van der Waals surface area contributed by atoms with Crippen LogP contribution in [0.2, 0.25) is 0 Å². The molecule has 1 N–H and O–H groups in total. The van der Waals surface area contributed by atoms with E-state index < -0.39 is 23.3 Å². The van der Waals surface area contributed by atoms with Crippen molar-refractivity contribution >= 4 is 57.0 Å². The highest BCUT2D eigenvalue weighted by Gasteiger charge is 2.46. The second-order valence-electron chi connectivity index (χ2n) is 24.5. The monoisotopic (exact) mass is 1120 g/mol. The van der Waals surface area contributed by atoms with Crippen LogP contribution < -0.4 is 24.6 Å². The van der Waals surface area contributed by atoms with Crippen LogP contribution in [-0.4, -0.2) is 168 Å². The number of amides is 4. The molecular weight excluding hydrogens is 1050 g/mol. The van der Waals surface area contributed by atoms with Crippen LogP contribution in [-0.2, 0) is 25.6 Å². The van der Waals surface area contributed by atoms with Crippen molar-refractivity contribution in [1.29, 1.82) is 0 Å². The highest BCUT2D eigenvalue weighted by Crippen LogP contribution is 2.42. The van der Waals surface area contributed by atoms with Crippen molar-refractivity contribution in [3.8, 4) is 35.4 Å². The number of nitrogens with one attached hydrogen (secondary N) is 1. The van der Waals surface area contributed by atoms with Gasteiger partial charge in [-0.1, -0.05) is 12.0 Å². The van der Waals surface area contributed by atoms with E-state index in [4.69, 9.17) is 35.3 Å². The van der Waals surface area contributed by atoms with Crippen LogP contribution in [0.3, 0.4) is 0 Å². The summed E-state index contributed by atoms with van der Waals surface area (Å²) in [4.78, 5) is 78.2. The van der Waals surface area contributed by atoms with Gasteiger partial charge in [0.25, 0.3) is 5.91 Å². The lowest BCUT2D eigenvalue weighted by Gasteiger charge is -2.44. The Morgan fingerprint density at radius 3 is 2.26 bits per heavy atom. The van der Waals surface area contributed by atoms with Crippen LogP contribution in [0.25, 0.3) is 32.9 Å². The number of carbonyl (C=O) groups excluding carboxylic acids is 4. The Balaban J connectivity index is 0.660. The predicted molar refractivity (Wildman–Crippen MR) is 304 cm³/mol. The number of hydrogen-bond acceptors (Lipinski definition) is 15. The largest absolute Gasteiger partial charge is 0.468 e. The second kappa shape index (κ2) is 22.9. The number of aromatic nitrogens is 3. The zero-order chi connectivity index (χ0) is 57.0. The van der Waals surface area contributed by atoms with E-state index in [0.717, 1.165) is 88.7 Å². The number of anilines is 2. The molecule has 0 saturated carbocycles. The third-order valence-corrected chi connectivity index (χ3v) is 17.9. The van der Waals surface area contributed by atoms with E-state index >= 15 is 8.78 Å². The molecule has 7 aliphatic heterocycles. The summed E-state index contributed by atoms with van der Waals surface area (Å²) in [6.07, 6.45) is 15.2. The lowest BCUT2D eigenvalue weighted by atomic mass is 9.82. The summed E-state index contributed by atoms with van der Waals surface area (Å²) in [6.45, 7) is 14.9. The van der Waals surface area contributed by atoms with Gasteiger partial charge in [-0.05, 0) is 158 Å². The molecule has 7 aliphatic rings. The van der Waals surface area contributed by atoms with E-state index in [1.165, 1.54) is 32.4 Å². The summed E-state index contributed by atoms with van der Waals surface area (Å²) in [7, 11) is 1.49. The average Bonchev–Trinajstić information content (AvgIpc) is 3.26. The Labute approximate surface area is 476 Å². The van der Waals surface area contributed by atoms with E-state index in [2.05, 4.69) is 41.9 Å². The number of likely N-dealkylation sites (tertiary alicyclic amines) is 2. The molecule has 0 spiro atoms. The Morgan fingerprint density at radius 2 is 1.56 bits per heavy atom. The van der Waals surface area contributed by atoms with Gasteiger partial charge < -0.3 is 38.5 Å². The number of terminal acetylenes is 1. The molecule has 18 nitrogen and oxygen atoms in total. The molecule has 20 heteroatoms. The van der Waals surface area contributed by atoms with Crippen molar-refractivity contribution in [3.05, 3.63) is 77.0 Å². The zero-order valence-electron chi connectivity index (χ0n) is 47.3. The summed E-state index contributed by atoms with van der Waals surface area (Å²) < 4.78 is 56.1. The quantitative estimate of drug-likeness (QED) is 0.0611. The van der Waals surface area contributed by atoms with E-state index in [0.29, 0.717) is 77.7 Å². The summed E-state index contributed by atoms with van der Waals surface area (Å²) in [5, 5.41) is 3.59. The standard InChI is InChI=1S/C62H72F2N10O8/c1-6-46-50(63)12-7-40-27-45(81-36-79-5)28-48(53(40)46)55-54(64)56-49(29-65-55)57(72-34-43-8-9-44(35-72)74(43)61(78)82-62(2,3)4)68-60(67-56)80-24-23-69-19-15-37(16-20-69)25-38-17-21-70(22-18-38)30-39-31-71(32-39)42-10-11-47-41(26-42)33-73(59(47)77)51-13-14-52(75)66-58(51)76/h1,7,10-12,26-29,37-39,43-44,51H,8-9,13-25,30-36H2,2-5H3,(H,66,75,76). The van der Waals surface area contributed by atoms with E-state index in [-0.39, 0.29) is 84.1 Å². The number of piperazine rings is 1. The summed E-state index contributed by atoms with van der Waals surface area (Å²) >= 11 is 0. The second-order valence-corrected chi connectivity index (χ2v) is 24.5. The Morgan fingerprint density at radius 1 is 0.829 bits per heavy atom. The molecule has 3 unspecified atom stereocenters. The number of piperidine rings is 3. The maximum Gasteiger partial charge on any atom is 0.410 e. The third-order valence-electron chi connectivity index (χ3n) is 17.9. The highest BCUT2D eigenvalue weighted by atomic mass is 19.1. The van der Waals surface area contributed by atoms with Crippen LogP contribution in [0.5, 0.6) is 11.8 Å². The number of methoxy groups -OCH3 is 1. The van der Waals surface area contributed by atoms with Gasteiger partial charge in [0.2, 0.25) is 11.8 Å². The fourth-order valence-corrected chi connectivity index (χ4v) is 13.8. The number of halogens is 2. The molecule has 5 aromatic rings. The number of benzene rings is 3. The molecule has 82 heavy (non-hydrogen) atoms. The minimum Gasteiger partial charge on any atom is -0.468 e. The van der Waals surface area contributed by atoms with E-state index in [9.17, 15) is 19.2 Å². The van der Waals surface area contributed by atoms with Gasteiger partial charge in [0.1, 0.15) is 46.8 Å². The molecule has 4 amide bonds. The van der Waals surface area contributed by atoms with Gasteiger partial charge in [-0.15, -0.1) is 6.42 Å². The van der Waals surface area contributed by atoms with Gasteiger partial charge in [0, 0.05) is 93.7 Å². The number of nitrogens with zero attached hydrogens (tertiary/aromatic N) is 9. The zero-order valence-corrected chi connectivity index (χ0v) is 47.3. The van der Waals surface area contributed by atoms with E-state index in [1.54, 1.807) is 29.3 Å². The average molecular weight is 1120 g/mol. The van der Waals surface area contributed by atoms with Crippen molar-refractivity contribution in [1.82, 2.24) is 39.9 Å². The topological polar surface area (TPSA) is 175 Å². The van der Waals surface area contributed by atoms with Gasteiger partial charge in [-0.2, -0.15) is 9.97 Å². The Bertz CT molecular complexity index is 3330. The minimum absolute atomic E-state index is 0.0154. The van der Waals surface area contributed by atoms with Crippen LogP contribution in [0, 0.1) is 41.7 Å². The normalized spacial score (nSPS) is 22.2. The molecule has 6 fully saturated rings. The molecule has 12 rings (SSSR count). The van der Waals surface area contributed by atoms with Gasteiger partial charge in [0.05, 0.1) is 23.0 Å². The maximum atomic E-state index is 17.6. The van der Waals surface area contributed by atoms with Gasteiger partial charge in [-0.3, -0.25) is 34.5 Å². The Hall–Kier alpha value is -7.21. The first-order valence-electron chi connectivity index (χ1n) is 29.2. The molecule has 432 valence electrons.